The van der Waals surface area contributed by atoms with E-state index in [4.69, 9.17) is 4.74 Å². The summed E-state index contributed by atoms with van der Waals surface area (Å²) < 4.78 is 4.90. The van der Waals surface area contributed by atoms with Gasteiger partial charge in [0.15, 0.2) is 0 Å². The molecule has 4 heteroatoms. The molecule has 0 spiro atoms. The molecule has 9 heavy (non-hydrogen) atoms. The molecule has 0 aliphatic heterocycles. The standard InChI is InChI=1S/C5H8N2O2/c1-2-9-4-3-6-7-5(4)8/h3H,2H2,1H3,(H2,6,7,8). The van der Waals surface area contributed by atoms with Crippen LogP contribution in [0.15, 0.2) is 11.0 Å². The molecule has 1 heterocycles. The predicted molar refractivity (Wildman–Crippen MR) is 32.6 cm³/mol. The average Bonchev–Trinajstić information content (AvgIpc) is 2.18. The number of nitrogens with one attached hydrogen (secondary N) is 2. The molecule has 0 unspecified atom stereocenters. The van der Waals surface area contributed by atoms with E-state index in [0.717, 1.165) is 0 Å². The summed E-state index contributed by atoms with van der Waals surface area (Å²) in [5.74, 6) is 0.345. The molecule has 0 aliphatic rings. The molecule has 1 rings (SSSR count). The Morgan fingerprint density at radius 1 is 1.78 bits per heavy atom. The molecule has 0 saturated heterocycles. The molecule has 1 aromatic rings. The number of hydrogen-bond donors (Lipinski definition) is 2. The van der Waals surface area contributed by atoms with Crippen molar-refractivity contribution in [2.45, 2.75) is 6.92 Å². The smallest absolute Gasteiger partial charge is 0.306 e. The minimum absolute atomic E-state index is 0.211. The van der Waals surface area contributed by atoms with Crippen LogP contribution in [0.5, 0.6) is 5.75 Å². The van der Waals surface area contributed by atoms with Gasteiger partial charge in [0.25, 0.3) is 0 Å². The van der Waals surface area contributed by atoms with Crippen molar-refractivity contribution < 1.29 is 4.74 Å². The Morgan fingerprint density at radius 2 is 2.56 bits per heavy atom. The van der Waals surface area contributed by atoms with Crippen molar-refractivity contribution in [1.82, 2.24) is 10.2 Å². The van der Waals surface area contributed by atoms with Crippen LogP contribution < -0.4 is 10.3 Å². The Morgan fingerprint density at radius 3 is 3.00 bits per heavy atom. The Hall–Kier alpha value is -1.19. The van der Waals surface area contributed by atoms with E-state index < -0.39 is 0 Å². The molecular weight excluding hydrogens is 120 g/mol. The Balaban J connectivity index is 2.81. The van der Waals surface area contributed by atoms with E-state index in [2.05, 4.69) is 10.2 Å². The van der Waals surface area contributed by atoms with Crippen LogP contribution in [0.25, 0.3) is 0 Å². The van der Waals surface area contributed by atoms with Gasteiger partial charge >= 0.3 is 5.56 Å². The third-order valence-corrected chi connectivity index (χ3v) is 0.913. The fourth-order valence-electron chi connectivity index (χ4n) is 0.557. The summed E-state index contributed by atoms with van der Waals surface area (Å²) >= 11 is 0. The fraction of sp³-hybridized carbons (Fsp3) is 0.400. The van der Waals surface area contributed by atoms with Crippen LogP contribution in [0.3, 0.4) is 0 Å². The summed E-state index contributed by atoms with van der Waals surface area (Å²) in [6.07, 6.45) is 1.49. The van der Waals surface area contributed by atoms with Crippen LogP contribution in [-0.4, -0.2) is 16.8 Å². The highest BCUT2D eigenvalue weighted by Crippen LogP contribution is 1.95. The van der Waals surface area contributed by atoms with Crippen LogP contribution in [0, 0.1) is 0 Å². The fourth-order valence-corrected chi connectivity index (χ4v) is 0.557. The topological polar surface area (TPSA) is 57.9 Å². The summed E-state index contributed by atoms with van der Waals surface area (Å²) in [6, 6.07) is 0. The average molecular weight is 128 g/mol. The molecule has 0 fully saturated rings. The Labute approximate surface area is 51.8 Å². The van der Waals surface area contributed by atoms with Gasteiger partial charge in [0.2, 0.25) is 5.75 Å². The van der Waals surface area contributed by atoms with Gasteiger partial charge in [-0.25, -0.2) is 0 Å². The molecule has 50 valence electrons. The minimum atomic E-state index is -0.211. The van der Waals surface area contributed by atoms with Crippen molar-refractivity contribution in [3.63, 3.8) is 0 Å². The van der Waals surface area contributed by atoms with Crippen LogP contribution in [-0.2, 0) is 0 Å². The number of aromatic amines is 2. The molecule has 0 radical (unpaired) electrons. The van der Waals surface area contributed by atoms with Crippen LogP contribution in [0.1, 0.15) is 6.92 Å². The molecule has 0 bridgehead atoms. The highest BCUT2D eigenvalue weighted by atomic mass is 16.5. The van der Waals surface area contributed by atoms with Crippen molar-refractivity contribution in [2.24, 2.45) is 0 Å². The number of rotatable bonds is 2. The van der Waals surface area contributed by atoms with E-state index in [0.29, 0.717) is 12.4 Å². The molecule has 1 aromatic heterocycles. The van der Waals surface area contributed by atoms with Gasteiger partial charge in [-0.3, -0.25) is 9.89 Å². The summed E-state index contributed by atoms with van der Waals surface area (Å²) in [4.78, 5) is 10.6. The van der Waals surface area contributed by atoms with Crippen molar-refractivity contribution in [1.29, 1.82) is 0 Å². The first-order valence-corrected chi connectivity index (χ1v) is 2.73. The van der Waals surface area contributed by atoms with Gasteiger partial charge in [-0.15, -0.1) is 0 Å². The number of hydrogen-bond acceptors (Lipinski definition) is 2. The van der Waals surface area contributed by atoms with Gasteiger partial charge in [-0.05, 0) is 6.92 Å². The molecule has 0 aromatic carbocycles. The summed E-state index contributed by atoms with van der Waals surface area (Å²) in [6.45, 7) is 2.34. The second-order valence-electron chi connectivity index (χ2n) is 1.54. The van der Waals surface area contributed by atoms with E-state index in [1.807, 2.05) is 6.92 Å². The number of aromatic nitrogens is 2. The Bertz CT molecular complexity index is 225. The zero-order valence-electron chi connectivity index (χ0n) is 5.10. The number of ether oxygens (including phenoxy) is 1. The van der Waals surface area contributed by atoms with E-state index in [1.165, 1.54) is 6.20 Å². The third-order valence-electron chi connectivity index (χ3n) is 0.913. The predicted octanol–water partition coefficient (Wildman–Crippen LogP) is 0.102. The second-order valence-corrected chi connectivity index (χ2v) is 1.54. The van der Waals surface area contributed by atoms with Gasteiger partial charge in [0, 0.05) is 0 Å². The lowest BCUT2D eigenvalue weighted by molar-refractivity contribution is 0.337. The van der Waals surface area contributed by atoms with Crippen LogP contribution in [0.4, 0.5) is 0 Å². The van der Waals surface area contributed by atoms with Gasteiger partial charge in [0.1, 0.15) is 0 Å². The van der Waals surface area contributed by atoms with Crippen LogP contribution in [0.2, 0.25) is 0 Å². The van der Waals surface area contributed by atoms with Crippen molar-refractivity contribution in [3.8, 4) is 5.75 Å². The van der Waals surface area contributed by atoms with Crippen molar-refractivity contribution >= 4 is 0 Å². The maximum atomic E-state index is 10.6. The Kier molecular flexibility index (Phi) is 1.58. The maximum absolute atomic E-state index is 10.6. The van der Waals surface area contributed by atoms with Gasteiger partial charge < -0.3 is 9.84 Å². The first-order valence-electron chi connectivity index (χ1n) is 2.73. The molecule has 0 aliphatic carbocycles. The summed E-state index contributed by atoms with van der Waals surface area (Å²) in [7, 11) is 0. The molecule has 4 nitrogen and oxygen atoms in total. The first kappa shape index (κ1) is 5.94. The zero-order chi connectivity index (χ0) is 6.69. The van der Waals surface area contributed by atoms with Gasteiger partial charge in [-0.2, -0.15) is 0 Å². The lowest BCUT2D eigenvalue weighted by Crippen LogP contribution is -2.04. The largest absolute Gasteiger partial charge is 0.487 e. The lowest BCUT2D eigenvalue weighted by Gasteiger charge is -1.92. The molecular formula is C5H8N2O2. The molecule has 2 N–H and O–H groups in total. The monoisotopic (exact) mass is 128 g/mol. The summed E-state index contributed by atoms with van der Waals surface area (Å²) in [5.41, 5.74) is -0.211. The minimum Gasteiger partial charge on any atom is -0.487 e. The van der Waals surface area contributed by atoms with E-state index in [-0.39, 0.29) is 5.56 Å². The highest BCUT2D eigenvalue weighted by Gasteiger charge is 1.96. The first-order chi connectivity index (χ1) is 4.34. The lowest BCUT2D eigenvalue weighted by atomic mass is 10.6. The molecule has 0 amide bonds. The van der Waals surface area contributed by atoms with E-state index in [9.17, 15) is 4.79 Å². The van der Waals surface area contributed by atoms with Crippen LogP contribution >= 0.6 is 0 Å². The SMILES string of the molecule is CCOc1c[nH][nH]c1=O. The second kappa shape index (κ2) is 2.39. The number of H-pyrrole nitrogens is 2. The van der Waals surface area contributed by atoms with E-state index in [1.54, 1.807) is 0 Å². The third kappa shape index (κ3) is 1.13. The zero-order valence-corrected chi connectivity index (χ0v) is 5.10. The maximum Gasteiger partial charge on any atom is 0.306 e. The van der Waals surface area contributed by atoms with Crippen molar-refractivity contribution in [3.05, 3.63) is 16.6 Å². The molecule has 0 saturated carbocycles. The quantitative estimate of drug-likeness (QED) is 0.593. The van der Waals surface area contributed by atoms with E-state index >= 15 is 0 Å². The van der Waals surface area contributed by atoms with Gasteiger partial charge in [-0.1, -0.05) is 0 Å². The summed E-state index contributed by atoms with van der Waals surface area (Å²) in [5, 5.41) is 4.87. The highest BCUT2D eigenvalue weighted by molar-refractivity contribution is 5.10. The van der Waals surface area contributed by atoms with Crippen molar-refractivity contribution in [2.75, 3.05) is 6.61 Å². The van der Waals surface area contributed by atoms with Gasteiger partial charge in [0.05, 0.1) is 12.8 Å². The molecule has 0 atom stereocenters. The normalized spacial score (nSPS) is 9.44.